The first-order chi connectivity index (χ1) is 43.8. The van der Waals surface area contributed by atoms with E-state index in [2.05, 4.69) is 55.6 Å². The van der Waals surface area contributed by atoms with Crippen LogP contribution >= 0.6 is 0 Å². The molecule has 3 rings (SSSR count). The zero-order chi connectivity index (χ0) is 65.4. The van der Waals surface area contributed by atoms with Crippen molar-refractivity contribution in [1.29, 1.82) is 0 Å². The van der Waals surface area contributed by atoms with Crippen molar-refractivity contribution in [3.8, 4) is 0 Å². The molecule has 3 aliphatic heterocycles. The fourth-order valence-corrected chi connectivity index (χ4v) is 12.0. The molecule has 12 N–H and O–H groups in total. The Morgan fingerprint density at radius 1 is 0.389 bits per heavy atom. The van der Waals surface area contributed by atoms with Crippen molar-refractivity contribution < 1.29 is 89.4 Å². The largest absolute Gasteiger partial charge is 0.394 e. The van der Waals surface area contributed by atoms with Gasteiger partial charge in [0.05, 0.1) is 38.6 Å². The first-order valence-corrected chi connectivity index (χ1v) is 35.9. The Morgan fingerprint density at radius 2 is 0.711 bits per heavy atom. The number of ether oxygens (including phenoxy) is 6. The first kappa shape index (κ1) is 82.0. The zero-order valence-electron chi connectivity index (χ0n) is 55.6. The highest BCUT2D eigenvalue weighted by Gasteiger charge is 2.53. The summed E-state index contributed by atoms with van der Waals surface area (Å²) in [5.41, 5.74) is 0. The number of carbonyl (C=O) groups is 1. The summed E-state index contributed by atoms with van der Waals surface area (Å²) in [7, 11) is 0. The summed E-state index contributed by atoms with van der Waals surface area (Å²) in [6, 6.07) is -1.000. The average molecular weight is 1280 g/mol. The molecule has 0 aliphatic carbocycles. The van der Waals surface area contributed by atoms with E-state index in [1.54, 1.807) is 6.08 Å². The molecule has 90 heavy (non-hydrogen) atoms. The van der Waals surface area contributed by atoms with Crippen molar-refractivity contribution in [2.45, 2.75) is 369 Å². The van der Waals surface area contributed by atoms with E-state index < -0.39 is 124 Å². The van der Waals surface area contributed by atoms with E-state index in [9.17, 15) is 61.0 Å². The topological polar surface area (TPSA) is 307 Å². The van der Waals surface area contributed by atoms with Gasteiger partial charge in [0.2, 0.25) is 5.91 Å². The van der Waals surface area contributed by atoms with E-state index in [4.69, 9.17) is 28.4 Å². The molecule has 0 radical (unpaired) electrons. The molecule has 0 spiro atoms. The summed E-state index contributed by atoms with van der Waals surface area (Å²) in [5, 5.41) is 121. The minimum atomic E-state index is -1.98. The number of aliphatic hydroxyl groups excluding tert-OH is 11. The quantitative estimate of drug-likeness (QED) is 0.0199. The molecular formula is C71H129NO18. The van der Waals surface area contributed by atoms with E-state index in [0.717, 1.165) is 57.8 Å². The van der Waals surface area contributed by atoms with Crippen molar-refractivity contribution in [3.63, 3.8) is 0 Å². The predicted octanol–water partition coefficient (Wildman–Crippen LogP) is 9.78. The molecule has 0 aromatic rings. The Labute approximate surface area is 542 Å². The molecule has 0 aromatic heterocycles. The van der Waals surface area contributed by atoms with Crippen molar-refractivity contribution in [2.24, 2.45) is 0 Å². The fourth-order valence-electron chi connectivity index (χ4n) is 12.0. The Hall–Kier alpha value is -2.25. The summed E-state index contributed by atoms with van der Waals surface area (Å²) >= 11 is 0. The molecule has 3 saturated heterocycles. The smallest absolute Gasteiger partial charge is 0.220 e. The van der Waals surface area contributed by atoms with Crippen LogP contribution < -0.4 is 5.32 Å². The lowest BCUT2D eigenvalue weighted by Gasteiger charge is -2.48. The highest BCUT2D eigenvalue weighted by atomic mass is 16.8. The molecule has 17 unspecified atom stereocenters. The van der Waals surface area contributed by atoms with E-state index in [1.165, 1.54) is 173 Å². The second-order valence-corrected chi connectivity index (χ2v) is 25.7. The molecule has 1 amide bonds. The van der Waals surface area contributed by atoms with Gasteiger partial charge in [0, 0.05) is 6.42 Å². The molecular weight excluding hydrogens is 1150 g/mol. The summed E-state index contributed by atoms with van der Waals surface area (Å²) in [6.07, 6.45) is 36.7. The van der Waals surface area contributed by atoms with Crippen LogP contribution in [0.25, 0.3) is 0 Å². The Kier molecular flexibility index (Phi) is 48.2. The summed E-state index contributed by atoms with van der Waals surface area (Å²) < 4.78 is 34.3. The molecule has 526 valence electrons. The van der Waals surface area contributed by atoms with Crippen LogP contribution in [0.1, 0.15) is 264 Å². The standard InChI is InChI=1S/C71H129NO18/c1-3-5-7-9-11-13-15-17-19-21-23-24-25-26-27-28-29-30-31-32-34-36-38-40-42-44-46-48-55(76)54(72-59(77)49-47-45-43-41-39-37-35-33-22-20-18-16-14-12-10-8-6-4-2)53-85-69-65(83)62(80)67(57(51-74)87-69)90-71-66(84)63(81)68(58(52-75)88-71)89-70-64(82)61(79)60(78)56(50-73)86-70/h20,22,31-32,38,40,46,48,54-58,60-71,73-76,78-84H,3-19,21,23-30,33-37,39,41-45,47,49-53H2,1-2H3,(H,72,77)/b22-20-,32-31+,40-38+,48-46+. The molecule has 19 nitrogen and oxygen atoms in total. The van der Waals surface area contributed by atoms with Crippen LogP contribution in [0.15, 0.2) is 48.6 Å². The number of nitrogens with one attached hydrogen (secondary N) is 1. The van der Waals surface area contributed by atoms with Crippen molar-refractivity contribution in [1.82, 2.24) is 5.32 Å². The number of amides is 1. The van der Waals surface area contributed by atoms with Gasteiger partial charge in [-0.05, 0) is 70.6 Å². The lowest BCUT2D eigenvalue weighted by Crippen LogP contribution is -2.66. The highest BCUT2D eigenvalue weighted by molar-refractivity contribution is 5.76. The maximum atomic E-state index is 13.4. The third kappa shape index (κ3) is 34.4. The first-order valence-electron chi connectivity index (χ1n) is 35.9. The Bertz CT molecular complexity index is 1820. The van der Waals surface area contributed by atoms with Crippen LogP contribution in [0, 0.1) is 0 Å². The van der Waals surface area contributed by atoms with Crippen LogP contribution in [0.2, 0.25) is 0 Å². The third-order valence-electron chi connectivity index (χ3n) is 17.8. The van der Waals surface area contributed by atoms with Crippen molar-refractivity contribution >= 4 is 5.91 Å². The van der Waals surface area contributed by atoms with E-state index >= 15 is 0 Å². The van der Waals surface area contributed by atoms with Gasteiger partial charge in [0.15, 0.2) is 18.9 Å². The predicted molar refractivity (Wildman–Crippen MR) is 351 cm³/mol. The lowest BCUT2D eigenvalue weighted by molar-refractivity contribution is -0.379. The van der Waals surface area contributed by atoms with Crippen molar-refractivity contribution in [3.05, 3.63) is 48.6 Å². The number of hydrogen-bond donors (Lipinski definition) is 12. The van der Waals surface area contributed by atoms with Gasteiger partial charge in [-0.2, -0.15) is 0 Å². The number of unbranched alkanes of at least 4 members (excludes halogenated alkanes) is 33. The van der Waals surface area contributed by atoms with Gasteiger partial charge < -0.3 is 89.9 Å². The van der Waals surface area contributed by atoms with Gasteiger partial charge in [0.25, 0.3) is 0 Å². The maximum absolute atomic E-state index is 13.4. The van der Waals surface area contributed by atoms with Gasteiger partial charge in [-0.1, -0.05) is 236 Å². The van der Waals surface area contributed by atoms with Gasteiger partial charge in [-0.25, -0.2) is 0 Å². The molecule has 17 atom stereocenters. The fraction of sp³-hybridized carbons (Fsp3) is 0.873. The monoisotopic (exact) mass is 1280 g/mol. The Morgan fingerprint density at radius 3 is 1.11 bits per heavy atom. The number of allylic oxidation sites excluding steroid dienone is 7. The van der Waals surface area contributed by atoms with Crippen LogP contribution in [0.3, 0.4) is 0 Å². The second-order valence-electron chi connectivity index (χ2n) is 25.7. The van der Waals surface area contributed by atoms with Gasteiger partial charge in [0.1, 0.15) is 73.2 Å². The average Bonchev–Trinajstić information content (AvgIpc) is 0.847. The van der Waals surface area contributed by atoms with E-state index in [-0.39, 0.29) is 18.9 Å². The number of carbonyl (C=O) groups excluding carboxylic acids is 1. The maximum Gasteiger partial charge on any atom is 0.220 e. The molecule has 3 aliphatic rings. The van der Waals surface area contributed by atoms with Crippen LogP contribution in [0.5, 0.6) is 0 Å². The minimum Gasteiger partial charge on any atom is -0.394 e. The zero-order valence-corrected chi connectivity index (χ0v) is 55.6. The van der Waals surface area contributed by atoms with Crippen LogP contribution in [-0.2, 0) is 33.2 Å². The van der Waals surface area contributed by atoms with Gasteiger partial charge >= 0.3 is 0 Å². The van der Waals surface area contributed by atoms with Gasteiger partial charge in [-0.15, -0.1) is 0 Å². The van der Waals surface area contributed by atoms with Gasteiger partial charge in [-0.3, -0.25) is 4.79 Å². The molecule has 0 aromatic carbocycles. The summed E-state index contributed by atoms with van der Waals surface area (Å²) in [5.74, 6) is -0.293. The Balaban J connectivity index is 1.45. The molecule has 0 saturated carbocycles. The summed E-state index contributed by atoms with van der Waals surface area (Å²) in [4.78, 5) is 13.4. The van der Waals surface area contributed by atoms with Crippen LogP contribution in [-0.4, -0.2) is 193 Å². The van der Waals surface area contributed by atoms with Crippen molar-refractivity contribution in [2.75, 3.05) is 26.4 Å². The molecule has 3 fully saturated rings. The SMILES string of the molecule is CCCCCCCCC/C=C\CCCCCCCCCC(=O)NC(COC1OC(CO)C(OC2OC(CO)C(OC3OC(CO)C(O)C(O)C3O)C(O)C2O)C(O)C1O)C(O)/C=C/CC/C=C/CC/C=C/CCCCCCCCCCCCCCCCCCC. The molecule has 3 heterocycles. The lowest BCUT2D eigenvalue weighted by atomic mass is 9.96. The number of hydrogen-bond acceptors (Lipinski definition) is 18. The summed E-state index contributed by atoms with van der Waals surface area (Å²) in [6.45, 7) is 1.72. The number of rotatable bonds is 55. The minimum absolute atomic E-state index is 0.227. The molecule has 0 bridgehead atoms. The third-order valence-corrected chi connectivity index (χ3v) is 17.8. The molecule has 19 heteroatoms. The van der Waals surface area contributed by atoms with E-state index in [0.29, 0.717) is 12.8 Å². The second kappa shape index (κ2) is 53.0. The normalized spacial score (nSPS) is 28.3. The van der Waals surface area contributed by atoms with E-state index in [1.807, 2.05) is 6.08 Å². The van der Waals surface area contributed by atoms with Crippen LogP contribution in [0.4, 0.5) is 0 Å². The number of aliphatic hydroxyl groups is 11. The highest BCUT2D eigenvalue weighted by Crippen LogP contribution is 2.33.